The molecular weight excluding hydrogens is 585 g/mol. The number of fused-ring (bicyclic) bond motifs is 6. The molecule has 7 aromatic carbocycles. The van der Waals surface area contributed by atoms with Gasteiger partial charge in [-0.15, -0.1) is 0 Å². The number of hydrogen-bond donors (Lipinski definition) is 0. The molecule has 9 aromatic rings. The first-order chi connectivity index (χ1) is 23.7. The summed E-state index contributed by atoms with van der Waals surface area (Å²) >= 11 is 0. The van der Waals surface area contributed by atoms with Crippen LogP contribution in [0.1, 0.15) is 5.56 Å². The molecule has 4 nitrogen and oxygen atoms in total. The molecule has 0 aliphatic carbocycles. The predicted octanol–water partition coefficient (Wildman–Crippen LogP) is 11.6. The number of aromatic nitrogens is 2. The van der Waals surface area contributed by atoms with Crippen molar-refractivity contribution in [2.45, 2.75) is 0 Å². The normalized spacial score (nSPS) is 11.3. The van der Waals surface area contributed by atoms with Crippen molar-refractivity contribution in [3.63, 3.8) is 0 Å². The van der Waals surface area contributed by atoms with Gasteiger partial charge in [-0.2, -0.15) is 5.26 Å². The van der Waals surface area contributed by atoms with Gasteiger partial charge >= 0.3 is 0 Å². The van der Waals surface area contributed by atoms with E-state index in [2.05, 4.69) is 141 Å². The SMILES string of the molecule is [C-]#[N+]c1cccc2c3ccccc3n(-c3ccc(-c4ccc(-c5ccccc5-n5c6ccccc6c6ccccc65)c(C#N)c4)cc3)c12. The van der Waals surface area contributed by atoms with Crippen LogP contribution in [0.25, 0.3) is 82.1 Å². The summed E-state index contributed by atoms with van der Waals surface area (Å²) in [5, 5.41) is 15.0. The van der Waals surface area contributed by atoms with E-state index in [9.17, 15) is 5.26 Å². The first kappa shape index (κ1) is 27.4. The molecule has 0 amide bonds. The molecule has 2 heterocycles. The maximum absolute atomic E-state index is 10.5. The monoisotopic (exact) mass is 610 g/mol. The van der Waals surface area contributed by atoms with E-state index in [1.54, 1.807) is 0 Å². The van der Waals surface area contributed by atoms with Gasteiger partial charge in [0.2, 0.25) is 5.69 Å². The van der Waals surface area contributed by atoms with Crippen LogP contribution < -0.4 is 0 Å². The van der Waals surface area contributed by atoms with Gasteiger partial charge in [0.05, 0.1) is 46.0 Å². The molecule has 0 bridgehead atoms. The van der Waals surface area contributed by atoms with E-state index in [1.807, 2.05) is 36.4 Å². The molecule has 0 atom stereocenters. The van der Waals surface area contributed by atoms with Crippen LogP contribution in [-0.4, -0.2) is 9.13 Å². The third kappa shape index (κ3) is 4.07. The Hall–Kier alpha value is -6.88. The lowest BCUT2D eigenvalue weighted by atomic mass is 9.94. The van der Waals surface area contributed by atoms with Gasteiger partial charge in [-0.1, -0.05) is 115 Å². The average Bonchev–Trinajstić information content (AvgIpc) is 3.68. The Morgan fingerprint density at radius 1 is 0.500 bits per heavy atom. The lowest BCUT2D eigenvalue weighted by molar-refractivity contribution is 1.18. The Morgan fingerprint density at radius 3 is 1.73 bits per heavy atom. The predicted molar refractivity (Wildman–Crippen MR) is 197 cm³/mol. The number of hydrogen-bond acceptors (Lipinski definition) is 1. The summed E-state index contributed by atoms with van der Waals surface area (Å²) in [6.45, 7) is 7.83. The summed E-state index contributed by atoms with van der Waals surface area (Å²) in [5.74, 6) is 0. The van der Waals surface area contributed by atoms with Crippen LogP contribution in [0.5, 0.6) is 0 Å². The molecule has 0 saturated carbocycles. The fourth-order valence-electron chi connectivity index (χ4n) is 7.29. The standard InChI is InChI=1S/C44H26N4/c1-46-39-16-10-15-38-37-14-5-6-17-40(37)47(44(38)39)32-24-21-29(22-25-32)30-23-26-33(31(27-30)28-45)34-11-2-7-18-41(34)48-42-19-8-3-12-35(42)36-13-4-9-20-43(36)48/h2-27H. The first-order valence-electron chi connectivity index (χ1n) is 15.9. The van der Waals surface area contributed by atoms with E-state index in [4.69, 9.17) is 6.57 Å². The minimum atomic E-state index is 0.619. The Labute approximate surface area is 277 Å². The molecule has 0 N–H and O–H groups in total. The zero-order chi connectivity index (χ0) is 32.2. The van der Waals surface area contributed by atoms with E-state index in [0.717, 1.165) is 66.5 Å². The summed E-state index contributed by atoms with van der Waals surface area (Å²) in [4.78, 5) is 3.85. The summed E-state index contributed by atoms with van der Waals surface area (Å²) in [7, 11) is 0. The second-order valence-electron chi connectivity index (χ2n) is 11.9. The lowest BCUT2D eigenvalue weighted by Gasteiger charge is -2.16. The highest BCUT2D eigenvalue weighted by Gasteiger charge is 2.18. The zero-order valence-electron chi connectivity index (χ0n) is 25.8. The van der Waals surface area contributed by atoms with Crippen molar-refractivity contribution >= 4 is 49.3 Å². The van der Waals surface area contributed by atoms with Crippen molar-refractivity contribution in [3.05, 3.63) is 175 Å². The molecule has 0 saturated heterocycles. The topological polar surface area (TPSA) is 38.0 Å². The highest BCUT2D eigenvalue weighted by molar-refractivity contribution is 6.13. The van der Waals surface area contributed by atoms with Crippen molar-refractivity contribution in [2.75, 3.05) is 0 Å². The van der Waals surface area contributed by atoms with Crippen LogP contribution in [0.3, 0.4) is 0 Å². The molecule has 4 heteroatoms. The summed E-state index contributed by atoms with van der Waals surface area (Å²) in [5.41, 5.74) is 11.4. The van der Waals surface area contributed by atoms with Crippen molar-refractivity contribution in [3.8, 4) is 39.7 Å². The number of nitriles is 1. The highest BCUT2D eigenvalue weighted by Crippen LogP contribution is 2.40. The number of nitrogens with zero attached hydrogens (tertiary/aromatic N) is 4. The van der Waals surface area contributed by atoms with Crippen LogP contribution >= 0.6 is 0 Å². The van der Waals surface area contributed by atoms with Crippen molar-refractivity contribution in [1.29, 1.82) is 5.26 Å². The van der Waals surface area contributed by atoms with E-state index >= 15 is 0 Å². The fourth-order valence-corrected chi connectivity index (χ4v) is 7.29. The van der Waals surface area contributed by atoms with Gasteiger partial charge in [-0.3, -0.25) is 0 Å². The summed E-state index contributed by atoms with van der Waals surface area (Å²) in [6.07, 6.45) is 0. The van der Waals surface area contributed by atoms with Gasteiger partial charge in [0.15, 0.2) is 0 Å². The quantitative estimate of drug-likeness (QED) is 0.183. The Bertz CT molecular complexity index is 2750. The number of benzene rings is 7. The van der Waals surface area contributed by atoms with Crippen molar-refractivity contribution in [2.24, 2.45) is 0 Å². The zero-order valence-corrected chi connectivity index (χ0v) is 25.8. The molecule has 0 spiro atoms. The van der Waals surface area contributed by atoms with Crippen LogP contribution in [0.15, 0.2) is 158 Å². The first-order valence-corrected chi connectivity index (χ1v) is 15.9. The van der Waals surface area contributed by atoms with Crippen LogP contribution in [0.4, 0.5) is 5.69 Å². The number of para-hydroxylation sites is 5. The van der Waals surface area contributed by atoms with Crippen LogP contribution in [-0.2, 0) is 0 Å². The van der Waals surface area contributed by atoms with Gasteiger partial charge in [0, 0.05) is 33.0 Å². The Morgan fingerprint density at radius 2 is 1.06 bits per heavy atom. The minimum Gasteiger partial charge on any atom is -0.319 e. The van der Waals surface area contributed by atoms with E-state index in [-0.39, 0.29) is 0 Å². The molecule has 222 valence electrons. The second-order valence-corrected chi connectivity index (χ2v) is 11.9. The van der Waals surface area contributed by atoms with E-state index in [1.165, 1.54) is 10.8 Å². The molecule has 0 radical (unpaired) electrons. The maximum atomic E-state index is 10.5. The molecule has 0 aliphatic heterocycles. The molecule has 0 aliphatic rings. The van der Waals surface area contributed by atoms with Gasteiger partial charge < -0.3 is 9.13 Å². The molecule has 2 aromatic heterocycles. The maximum Gasteiger partial charge on any atom is 0.211 e. The summed E-state index contributed by atoms with van der Waals surface area (Å²) < 4.78 is 4.49. The van der Waals surface area contributed by atoms with Gasteiger partial charge in [0.1, 0.15) is 0 Å². The van der Waals surface area contributed by atoms with Crippen molar-refractivity contribution < 1.29 is 0 Å². The average molecular weight is 611 g/mol. The third-order valence-electron chi connectivity index (χ3n) is 9.41. The molecule has 48 heavy (non-hydrogen) atoms. The molecule has 9 rings (SSSR count). The summed E-state index contributed by atoms with van der Waals surface area (Å²) in [6, 6.07) is 56.6. The fraction of sp³-hybridized carbons (Fsp3) is 0. The molecule has 0 fully saturated rings. The Balaban J connectivity index is 1.15. The van der Waals surface area contributed by atoms with Gasteiger partial charge in [-0.05, 0) is 59.0 Å². The van der Waals surface area contributed by atoms with E-state index < -0.39 is 0 Å². The molecule has 0 unspecified atom stereocenters. The number of rotatable bonds is 4. The van der Waals surface area contributed by atoms with Crippen LogP contribution in [0, 0.1) is 17.9 Å². The lowest BCUT2D eigenvalue weighted by Crippen LogP contribution is -1.98. The Kier molecular flexibility index (Phi) is 6.22. The molecular formula is C44H26N4. The minimum absolute atomic E-state index is 0.619. The van der Waals surface area contributed by atoms with E-state index in [0.29, 0.717) is 11.3 Å². The van der Waals surface area contributed by atoms with Crippen molar-refractivity contribution in [1.82, 2.24) is 9.13 Å². The van der Waals surface area contributed by atoms with Gasteiger partial charge in [0.25, 0.3) is 0 Å². The van der Waals surface area contributed by atoms with Crippen LogP contribution in [0.2, 0.25) is 0 Å². The smallest absolute Gasteiger partial charge is 0.211 e. The largest absolute Gasteiger partial charge is 0.319 e. The third-order valence-corrected chi connectivity index (χ3v) is 9.41. The van der Waals surface area contributed by atoms with Gasteiger partial charge in [-0.25, -0.2) is 4.85 Å². The highest BCUT2D eigenvalue weighted by atomic mass is 15.0. The second kappa shape index (κ2) is 10.9.